The van der Waals surface area contributed by atoms with Gasteiger partial charge in [-0.1, -0.05) is 52.0 Å². The molecular weight excluding hydrogens is 405 g/mol. The Balaban J connectivity index is 0.00000450. The maximum atomic E-state index is 14.3. The van der Waals surface area contributed by atoms with E-state index in [1.54, 1.807) is 0 Å². The Kier molecular flexibility index (Phi) is 9.96. The molecule has 0 heterocycles. The van der Waals surface area contributed by atoms with E-state index in [2.05, 4.69) is 24.5 Å². The molecule has 0 saturated carbocycles. The van der Waals surface area contributed by atoms with Crippen LogP contribution < -0.4 is 16.4 Å². The van der Waals surface area contributed by atoms with Crippen LogP contribution in [-0.2, 0) is 4.79 Å². The Morgan fingerprint density at radius 3 is 2.13 bits per heavy atom. The molecule has 2 amide bonds. The van der Waals surface area contributed by atoms with Crippen LogP contribution in [0.25, 0.3) is 0 Å². The molecule has 0 aliphatic rings. The normalized spacial score (nSPS) is 11.7. The Hall–Kier alpha value is -2.44. The van der Waals surface area contributed by atoms with Crippen LogP contribution in [0, 0.1) is 11.7 Å². The van der Waals surface area contributed by atoms with Crippen LogP contribution in [0.5, 0.6) is 0 Å². The highest BCUT2D eigenvalue weighted by molar-refractivity contribution is 5.96. The van der Waals surface area contributed by atoms with Crippen LogP contribution in [0.3, 0.4) is 0 Å². The van der Waals surface area contributed by atoms with Crippen LogP contribution in [0.1, 0.15) is 67.6 Å². The number of anilines is 1. The zero-order chi connectivity index (χ0) is 21.6. The molecule has 30 heavy (non-hydrogen) atoms. The Morgan fingerprint density at radius 2 is 1.60 bits per heavy atom. The van der Waals surface area contributed by atoms with E-state index in [0.717, 1.165) is 11.6 Å². The lowest BCUT2D eigenvalue weighted by molar-refractivity contribution is -0.116. The van der Waals surface area contributed by atoms with E-state index in [-0.39, 0.29) is 48.1 Å². The van der Waals surface area contributed by atoms with Crippen molar-refractivity contribution in [1.29, 1.82) is 0 Å². The standard InChI is InChI=1S/C23H30FN3O2.ClH/c1-14(2)11-22(28)27-21-10-9-18(12-19(21)24)23(29)26-13-20(25)17-7-5-16(6-8-17)15(3)4;/h5-10,12,14-15,20H,11,13,25H2,1-4H3,(H,26,29)(H,27,28);1H. The van der Waals surface area contributed by atoms with Gasteiger partial charge in [0, 0.05) is 24.6 Å². The molecule has 2 aromatic carbocycles. The first-order valence-electron chi connectivity index (χ1n) is 9.90. The Labute approximate surface area is 184 Å². The number of carbonyl (C=O) groups excluding carboxylic acids is 2. The minimum absolute atomic E-state index is 0. The van der Waals surface area contributed by atoms with Gasteiger partial charge in [0.05, 0.1) is 5.69 Å². The van der Waals surface area contributed by atoms with Crippen molar-refractivity contribution in [2.45, 2.75) is 46.1 Å². The molecule has 1 unspecified atom stereocenters. The van der Waals surface area contributed by atoms with Gasteiger partial charge in [0.15, 0.2) is 0 Å². The summed E-state index contributed by atoms with van der Waals surface area (Å²) in [5.74, 6) is -0.714. The maximum Gasteiger partial charge on any atom is 0.251 e. The molecule has 0 aliphatic heterocycles. The molecule has 0 saturated heterocycles. The molecular formula is C23H31ClFN3O2. The van der Waals surface area contributed by atoms with Crippen molar-refractivity contribution in [1.82, 2.24) is 5.32 Å². The Bertz CT molecular complexity index is 854. The molecule has 164 valence electrons. The second-order valence-corrected chi connectivity index (χ2v) is 7.98. The minimum Gasteiger partial charge on any atom is -0.350 e. The second-order valence-electron chi connectivity index (χ2n) is 7.98. The summed E-state index contributed by atoms with van der Waals surface area (Å²) >= 11 is 0. The first-order valence-corrected chi connectivity index (χ1v) is 9.90. The van der Waals surface area contributed by atoms with Crippen molar-refractivity contribution in [2.24, 2.45) is 11.7 Å². The van der Waals surface area contributed by atoms with E-state index in [1.165, 1.54) is 17.7 Å². The molecule has 0 radical (unpaired) electrons. The van der Waals surface area contributed by atoms with Gasteiger partial charge < -0.3 is 16.4 Å². The summed E-state index contributed by atoms with van der Waals surface area (Å²) in [5, 5.41) is 5.26. The van der Waals surface area contributed by atoms with Crippen LogP contribution in [0.15, 0.2) is 42.5 Å². The first-order chi connectivity index (χ1) is 13.7. The van der Waals surface area contributed by atoms with Crippen molar-refractivity contribution < 1.29 is 14.0 Å². The molecule has 0 spiro atoms. The zero-order valence-corrected chi connectivity index (χ0v) is 18.7. The number of rotatable bonds is 8. The molecule has 0 bridgehead atoms. The van der Waals surface area contributed by atoms with E-state index in [9.17, 15) is 14.0 Å². The quantitative estimate of drug-likeness (QED) is 0.557. The summed E-state index contributed by atoms with van der Waals surface area (Å²) in [6.45, 7) is 8.29. The lowest BCUT2D eigenvalue weighted by Crippen LogP contribution is -2.32. The third-order valence-electron chi connectivity index (χ3n) is 4.61. The zero-order valence-electron chi connectivity index (χ0n) is 17.9. The fourth-order valence-electron chi connectivity index (χ4n) is 2.88. The number of nitrogens with two attached hydrogens (primary N) is 1. The number of nitrogens with one attached hydrogen (secondary N) is 2. The van der Waals surface area contributed by atoms with Crippen LogP contribution in [0.2, 0.25) is 0 Å². The minimum atomic E-state index is -0.650. The summed E-state index contributed by atoms with van der Waals surface area (Å²) in [6, 6.07) is 11.6. The maximum absolute atomic E-state index is 14.3. The highest BCUT2D eigenvalue weighted by atomic mass is 35.5. The average molecular weight is 436 g/mol. The fourth-order valence-corrected chi connectivity index (χ4v) is 2.88. The lowest BCUT2D eigenvalue weighted by Gasteiger charge is -2.15. The van der Waals surface area contributed by atoms with Crippen molar-refractivity contribution in [3.05, 3.63) is 65.0 Å². The summed E-state index contributed by atoms with van der Waals surface area (Å²) in [5.41, 5.74) is 8.54. The monoisotopic (exact) mass is 435 g/mol. The Morgan fingerprint density at radius 1 is 1.00 bits per heavy atom. The summed E-state index contributed by atoms with van der Waals surface area (Å²) in [6.07, 6.45) is 0.303. The molecule has 2 rings (SSSR count). The highest BCUT2D eigenvalue weighted by Gasteiger charge is 2.14. The van der Waals surface area contributed by atoms with Gasteiger partial charge in [0.2, 0.25) is 5.91 Å². The van der Waals surface area contributed by atoms with E-state index in [0.29, 0.717) is 12.3 Å². The third kappa shape index (κ3) is 7.43. The van der Waals surface area contributed by atoms with Gasteiger partial charge in [-0.3, -0.25) is 9.59 Å². The average Bonchev–Trinajstić information content (AvgIpc) is 2.66. The van der Waals surface area contributed by atoms with E-state index in [1.807, 2.05) is 38.1 Å². The fraction of sp³-hybridized carbons (Fsp3) is 0.391. The second kappa shape index (κ2) is 11.7. The van der Waals surface area contributed by atoms with E-state index >= 15 is 0 Å². The van der Waals surface area contributed by atoms with Crippen LogP contribution >= 0.6 is 12.4 Å². The largest absolute Gasteiger partial charge is 0.350 e. The summed E-state index contributed by atoms with van der Waals surface area (Å²) in [4.78, 5) is 24.1. The van der Waals surface area contributed by atoms with E-state index in [4.69, 9.17) is 5.73 Å². The smallest absolute Gasteiger partial charge is 0.251 e. The molecule has 0 aliphatic carbocycles. The van der Waals surface area contributed by atoms with Gasteiger partial charge in [-0.15, -0.1) is 12.4 Å². The highest BCUT2D eigenvalue weighted by Crippen LogP contribution is 2.19. The van der Waals surface area contributed by atoms with Gasteiger partial charge >= 0.3 is 0 Å². The number of amides is 2. The summed E-state index contributed by atoms with van der Waals surface area (Å²) < 4.78 is 14.3. The van der Waals surface area contributed by atoms with Gasteiger partial charge in [-0.25, -0.2) is 4.39 Å². The van der Waals surface area contributed by atoms with E-state index < -0.39 is 11.7 Å². The first kappa shape index (κ1) is 25.6. The molecule has 1 atom stereocenters. The number of hydrogen-bond donors (Lipinski definition) is 3. The van der Waals surface area contributed by atoms with Crippen LogP contribution in [-0.4, -0.2) is 18.4 Å². The van der Waals surface area contributed by atoms with Crippen molar-refractivity contribution in [2.75, 3.05) is 11.9 Å². The van der Waals surface area contributed by atoms with Gasteiger partial charge in [0.1, 0.15) is 5.82 Å². The molecule has 5 nitrogen and oxygen atoms in total. The van der Waals surface area contributed by atoms with Crippen molar-refractivity contribution >= 4 is 29.9 Å². The molecule has 0 fully saturated rings. The molecule has 0 aromatic heterocycles. The SMILES string of the molecule is CC(C)CC(=O)Nc1ccc(C(=O)NCC(N)c2ccc(C(C)C)cc2)cc1F.Cl. The van der Waals surface area contributed by atoms with Crippen molar-refractivity contribution in [3.8, 4) is 0 Å². The van der Waals surface area contributed by atoms with Gasteiger partial charge in [-0.05, 0) is 41.2 Å². The predicted octanol–water partition coefficient (Wildman–Crippen LogP) is 4.79. The van der Waals surface area contributed by atoms with Gasteiger partial charge in [-0.2, -0.15) is 0 Å². The molecule has 2 aromatic rings. The van der Waals surface area contributed by atoms with Gasteiger partial charge in [0.25, 0.3) is 5.91 Å². The number of benzene rings is 2. The molecule has 7 heteroatoms. The number of hydrogen-bond acceptors (Lipinski definition) is 3. The summed E-state index contributed by atoms with van der Waals surface area (Å²) in [7, 11) is 0. The van der Waals surface area contributed by atoms with Crippen molar-refractivity contribution in [3.63, 3.8) is 0 Å². The predicted molar refractivity (Wildman–Crippen MR) is 122 cm³/mol. The third-order valence-corrected chi connectivity index (χ3v) is 4.61. The lowest BCUT2D eigenvalue weighted by atomic mass is 9.99. The number of carbonyl (C=O) groups is 2. The number of halogens is 2. The molecule has 4 N–H and O–H groups in total. The topological polar surface area (TPSA) is 84.2 Å². The van der Waals surface area contributed by atoms with Crippen LogP contribution in [0.4, 0.5) is 10.1 Å².